The van der Waals surface area contributed by atoms with Gasteiger partial charge in [-0.25, -0.2) is 0 Å². The molecular formula is C14H22N2O2. The van der Waals surface area contributed by atoms with Crippen LogP contribution in [0, 0.1) is 6.92 Å². The Morgan fingerprint density at radius 1 is 1.44 bits per heavy atom. The van der Waals surface area contributed by atoms with Crippen LogP contribution < -0.4 is 0 Å². The fourth-order valence-corrected chi connectivity index (χ4v) is 1.62. The molecule has 0 spiro atoms. The summed E-state index contributed by atoms with van der Waals surface area (Å²) in [5.41, 5.74) is 1.96. The van der Waals surface area contributed by atoms with Crippen LogP contribution in [-0.4, -0.2) is 36.1 Å². The smallest absolute Gasteiger partial charge is 0.320 e. The number of nitrogens with zero attached hydrogens (tertiary/aromatic N) is 2. The van der Waals surface area contributed by atoms with Crippen LogP contribution in [0.5, 0.6) is 0 Å². The summed E-state index contributed by atoms with van der Waals surface area (Å²) in [7, 11) is 1.89. The summed E-state index contributed by atoms with van der Waals surface area (Å²) in [5, 5.41) is 0. The van der Waals surface area contributed by atoms with Gasteiger partial charge in [-0.05, 0) is 32.5 Å². The molecule has 1 rings (SSSR count). The van der Waals surface area contributed by atoms with Crippen LogP contribution in [0.1, 0.15) is 31.2 Å². The van der Waals surface area contributed by atoms with Gasteiger partial charge in [0.1, 0.15) is 0 Å². The minimum absolute atomic E-state index is 0.168. The second-order valence-electron chi connectivity index (χ2n) is 4.52. The molecule has 0 unspecified atom stereocenters. The third-order valence-corrected chi connectivity index (χ3v) is 2.54. The number of rotatable bonds is 7. The first kappa shape index (κ1) is 14.6. The minimum atomic E-state index is -0.168. The molecule has 1 aromatic rings. The van der Waals surface area contributed by atoms with E-state index in [1.807, 2.05) is 37.1 Å². The van der Waals surface area contributed by atoms with E-state index in [0.29, 0.717) is 19.7 Å². The Balaban J connectivity index is 2.32. The van der Waals surface area contributed by atoms with Crippen molar-refractivity contribution in [2.24, 2.45) is 0 Å². The fourth-order valence-electron chi connectivity index (χ4n) is 1.62. The normalized spacial score (nSPS) is 10.7. The summed E-state index contributed by atoms with van der Waals surface area (Å²) in [6.07, 6.45) is 1.96. The zero-order chi connectivity index (χ0) is 13.4. The minimum Gasteiger partial charge on any atom is -0.465 e. The van der Waals surface area contributed by atoms with Crippen LogP contribution in [0.4, 0.5) is 0 Å². The maximum Gasteiger partial charge on any atom is 0.320 e. The summed E-state index contributed by atoms with van der Waals surface area (Å²) in [4.78, 5) is 17.8. The van der Waals surface area contributed by atoms with E-state index in [1.165, 1.54) is 0 Å². The average molecular weight is 250 g/mol. The molecule has 0 saturated heterocycles. The van der Waals surface area contributed by atoms with Crippen molar-refractivity contribution in [3.05, 3.63) is 29.6 Å². The number of likely N-dealkylation sites (N-methyl/N-ethyl adjacent to an activating group) is 1. The lowest BCUT2D eigenvalue weighted by Gasteiger charge is -2.15. The summed E-state index contributed by atoms with van der Waals surface area (Å²) in [6.45, 7) is 5.52. The van der Waals surface area contributed by atoms with Gasteiger partial charge in [0.15, 0.2) is 0 Å². The van der Waals surface area contributed by atoms with Crippen molar-refractivity contribution in [1.29, 1.82) is 0 Å². The van der Waals surface area contributed by atoms with Crippen molar-refractivity contribution in [3.63, 3.8) is 0 Å². The van der Waals surface area contributed by atoms with Crippen molar-refractivity contribution in [3.8, 4) is 0 Å². The van der Waals surface area contributed by atoms with E-state index in [9.17, 15) is 4.79 Å². The SMILES string of the molecule is CCCCOC(=O)CN(C)Cc1cccc(C)n1. The van der Waals surface area contributed by atoms with E-state index in [2.05, 4.69) is 11.9 Å². The maximum atomic E-state index is 11.5. The molecule has 0 aliphatic heterocycles. The van der Waals surface area contributed by atoms with Gasteiger partial charge in [0.05, 0.1) is 18.8 Å². The van der Waals surface area contributed by atoms with Crippen LogP contribution in [0.15, 0.2) is 18.2 Å². The van der Waals surface area contributed by atoms with Crippen LogP contribution >= 0.6 is 0 Å². The first-order valence-corrected chi connectivity index (χ1v) is 6.38. The number of ether oxygens (including phenoxy) is 1. The molecule has 0 atom stereocenters. The molecule has 4 heteroatoms. The van der Waals surface area contributed by atoms with Crippen LogP contribution in [0.2, 0.25) is 0 Å². The second kappa shape index (κ2) is 7.82. The van der Waals surface area contributed by atoms with Gasteiger partial charge in [0.25, 0.3) is 0 Å². The van der Waals surface area contributed by atoms with Crippen molar-refractivity contribution >= 4 is 5.97 Å². The van der Waals surface area contributed by atoms with E-state index in [4.69, 9.17) is 4.74 Å². The summed E-state index contributed by atoms with van der Waals surface area (Å²) in [6, 6.07) is 5.90. The van der Waals surface area contributed by atoms with Crippen LogP contribution in [0.3, 0.4) is 0 Å². The van der Waals surface area contributed by atoms with Crippen molar-refractivity contribution < 1.29 is 9.53 Å². The summed E-state index contributed by atoms with van der Waals surface area (Å²) >= 11 is 0. The van der Waals surface area contributed by atoms with Gasteiger partial charge in [0, 0.05) is 12.2 Å². The quantitative estimate of drug-likeness (QED) is 0.549. The third-order valence-electron chi connectivity index (χ3n) is 2.54. The summed E-state index contributed by atoms with van der Waals surface area (Å²) in [5.74, 6) is -0.168. The lowest BCUT2D eigenvalue weighted by molar-refractivity contribution is -0.144. The zero-order valence-electron chi connectivity index (χ0n) is 11.5. The number of aryl methyl sites for hydroxylation is 1. The monoisotopic (exact) mass is 250 g/mol. The molecule has 1 aromatic heterocycles. The molecule has 4 nitrogen and oxygen atoms in total. The first-order valence-electron chi connectivity index (χ1n) is 6.38. The Hall–Kier alpha value is -1.42. The Morgan fingerprint density at radius 3 is 2.89 bits per heavy atom. The molecule has 0 aliphatic rings. The predicted molar refractivity (Wildman–Crippen MR) is 71.2 cm³/mol. The molecule has 0 N–H and O–H groups in total. The highest BCUT2D eigenvalue weighted by Crippen LogP contribution is 2.02. The number of carbonyl (C=O) groups is 1. The predicted octanol–water partition coefficient (Wildman–Crippen LogP) is 2.17. The number of carbonyl (C=O) groups excluding carboxylic acids is 1. The van der Waals surface area contributed by atoms with Gasteiger partial charge in [-0.2, -0.15) is 0 Å². The molecule has 100 valence electrons. The van der Waals surface area contributed by atoms with Gasteiger partial charge < -0.3 is 4.74 Å². The molecular weight excluding hydrogens is 228 g/mol. The van der Waals surface area contributed by atoms with E-state index in [1.54, 1.807) is 0 Å². The number of hydrogen-bond acceptors (Lipinski definition) is 4. The lowest BCUT2D eigenvalue weighted by atomic mass is 10.3. The molecule has 0 saturated carbocycles. The van der Waals surface area contributed by atoms with E-state index >= 15 is 0 Å². The Morgan fingerprint density at radius 2 is 2.22 bits per heavy atom. The van der Waals surface area contributed by atoms with Crippen LogP contribution in [-0.2, 0) is 16.1 Å². The Kier molecular flexibility index (Phi) is 6.36. The number of esters is 1. The van der Waals surface area contributed by atoms with Gasteiger partial charge in [-0.15, -0.1) is 0 Å². The third kappa shape index (κ3) is 5.77. The number of pyridine rings is 1. The first-order chi connectivity index (χ1) is 8.61. The van der Waals surface area contributed by atoms with Crippen molar-refractivity contribution in [2.75, 3.05) is 20.2 Å². The van der Waals surface area contributed by atoms with E-state index in [-0.39, 0.29) is 5.97 Å². The standard InChI is InChI=1S/C14H22N2O2/c1-4-5-9-18-14(17)11-16(3)10-13-8-6-7-12(2)15-13/h6-8H,4-5,9-11H2,1-3H3. The van der Waals surface area contributed by atoms with Crippen molar-refractivity contribution in [2.45, 2.75) is 33.2 Å². The average Bonchev–Trinajstić information content (AvgIpc) is 2.29. The number of aromatic nitrogens is 1. The molecule has 0 amide bonds. The topological polar surface area (TPSA) is 42.4 Å². The van der Waals surface area contributed by atoms with Gasteiger partial charge >= 0.3 is 5.97 Å². The molecule has 0 radical (unpaired) electrons. The lowest BCUT2D eigenvalue weighted by Crippen LogP contribution is -2.27. The van der Waals surface area contributed by atoms with Crippen molar-refractivity contribution in [1.82, 2.24) is 9.88 Å². The van der Waals surface area contributed by atoms with Gasteiger partial charge in [0.2, 0.25) is 0 Å². The van der Waals surface area contributed by atoms with Crippen LogP contribution in [0.25, 0.3) is 0 Å². The highest BCUT2D eigenvalue weighted by atomic mass is 16.5. The van der Waals surface area contributed by atoms with E-state index < -0.39 is 0 Å². The highest BCUT2D eigenvalue weighted by molar-refractivity contribution is 5.71. The fraction of sp³-hybridized carbons (Fsp3) is 0.571. The van der Waals surface area contributed by atoms with Gasteiger partial charge in [-0.3, -0.25) is 14.7 Å². The second-order valence-corrected chi connectivity index (χ2v) is 4.52. The number of hydrogen-bond donors (Lipinski definition) is 0. The zero-order valence-corrected chi connectivity index (χ0v) is 11.5. The largest absolute Gasteiger partial charge is 0.465 e. The molecule has 0 fully saturated rings. The Bertz CT molecular complexity index is 380. The van der Waals surface area contributed by atoms with Gasteiger partial charge in [-0.1, -0.05) is 19.4 Å². The number of unbranched alkanes of at least 4 members (excludes halogenated alkanes) is 1. The molecule has 1 heterocycles. The maximum absolute atomic E-state index is 11.5. The molecule has 18 heavy (non-hydrogen) atoms. The molecule has 0 aliphatic carbocycles. The highest BCUT2D eigenvalue weighted by Gasteiger charge is 2.08. The Labute approximate surface area is 109 Å². The molecule has 0 bridgehead atoms. The summed E-state index contributed by atoms with van der Waals surface area (Å²) < 4.78 is 5.11. The van der Waals surface area contributed by atoms with E-state index in [0.717, 1.165) is 24.2 Å². The molecule has 0 aromatic carbocycles.